The van der Waals surface area contributed by atoms with Crippen molar-refractivity contribution >= 4 is 11.3 Å². The van der Waals surface area contributed by atoms with E-state index in [1.54, 1.807) is 0 Å². The highest BCUT2D eigenvalue weighted by atomic mass is 32.1. The minimum atomic E-state index is 0.530. The maximum Gasteiger partial charge on any atom is 0.110 e. The molecule has 0 saturated heterocycles. The number of aryl methyl sites for hydroxylation is 1. The summed E-state index contributed by atoms with van der Waals surface area (Å²) in [6, 6.07) is 1.18. The van der Waals surface area contributed by atoms with Crippen molar-refractivity contribution in [3.8, 4) is 0 Å². The van der Waals surface area contributed by atoms with Crippen molar-refractivity contribution in [1.29, 1.82) is 0 Å². The highest BCUT2D eigenvalue weighted by molar-refractivity contribution is 7.11. The first-order valence-corrected chi connectivity index (χ1v) is 7.72. The minimum Gasteiger partial charge on any atom is -0.305 e. The SMILES string of the molecule is Cc1cnc([C@@H](N[C@H](C)CC2CC2)C2CC2)s1. The Balaban J connectivity index is 1.62. The number of nitrogens with one attached hydrogen (secondary N) is 1. The third-order valence-corrected chi connectivity index (χ3v) is 4.84. The Hall–Kier alpha value is -0.410. The predicted octanol–water partition coefficient (Wildman–Crippen LogP) is 3.68. The fourth-order valence-electron chi connectivity index (χ4n) is 2.58. The van der Waals surface area contributed by atoms with E-state index in [0.717, 1.165) is 11.8 Å². The Bertz CT molecular complexity index is 379. The van der Waals surface area contributed by atoms with E-state index in [9.17, 15) is 0 Å². The summed E-state index contributed by atoms with van der Waals surface area (Å²) in [6.45, 7) is 4.49. The van der Waals surface area contributed by atoms with Crippen molar-refractivity contribution in [2.45, 2.75) is 58.0 Å². The number of hydrogen-bond donors (Lipinski definition) is 1. The average Bonchev–Trinajstić information content (AvgIpc) is 3.17. The van der Waals surface area contributed by atoms with Gasteiger partial charge in [-0.2, -0.15) is 0 Å². The summed E-state index contributed by atoms with van der Waals surface area (Å²) < 4.78 is 0. The summed E-state index contributed by atoms with van der Waals surface area (Å²) >= 11 is 1.87. The fourth-order valence-corrected chi connectivity index (χ4v) is 3.51. The van der Waals surface area contributed by atoms with Gasteiger partial charge in [-0.15, -0.1) is 11.3 Å². The van der Waals surface area contributed by atoms with Crippen molar-refractivity contribution in [3.05, 3.63) is 16.1 Å². The highest BCUT2D eigenvalue weighted by Crippen LogP contribution is 2.43. The number of rotatable bonds is 6. The number of hydrogen-bond acceptors (Lipinski definition) is 3. The van der Waals surface area contributed by atoms with Crippen molar-refractivity contribution in [2.24, 2.45) is 11.8 Å². The van der Waals surface area contributed by atoms with Gasteiger partial charge in [-0.05, 0) is 44.9 Å². The predicted molar refractivity (Wildman–Crippen MR) is 72.3 cm³/mol. The van der Waals surface area contributed by atoms with Crippen molar-refractivity contribution in [3.63, 3.8) is 0 Å². The molecule has 2 saturated carbocycles. The lowest BCUT2D eigenvalue weighted by Gasteiger charge is -2.21. The second-order valence-corrected chi connectivity index (χ2v) is 7.14. The number of aromatic nitrogens is 1. The lowest BCUT2D eigenvalue weighted by atomic mass is 10.1. The van der Waals surface area contributed by atoms with Gasteiger partial charge in [0.25, 0.3) is 0 Å². The van der Waals surface area contributed by atoms with Crippen molar-refractivity contribution in [1.82, 2.24) is 10.3 Å². The molecule has 94 valence electrons. The number of nitrogens with zero attached hydrogens (tertiary/aromatic N) is 1. The van der Waals surface area contributed by atoms with E-state index in [1.807, 2.05) is 17.5 Å². The van der Waals surface area contributed by atoms with Gasteiger partial charge in [0.1, 0.15) is 5.01 Å². The minimum absolute atomic E-state index is 0.530. The van der Waals surface area contributed by atoms with Gasteiger partial charge in [0, 0.05) is 17.1 Å². The zero-order valence-electron chi connectivity index (χ0n) is 10.8. The average molecular weight is 250 g/mol. The van der Waals surface area contributed by atoms with Gasteiger partial charge >= 0.3 is 0 Å². The van der Waals surface area contributed by atoms with Gasteiger partial charge in [-0.1, -0.05) is 12.8 Å². The molecule has 1 N–H and O–H groups in total. The smallest absolute Gasteiger partial charge is 0.110 e. The zero-order valence-corrected chi connectivity index (χ0v) is 11.6. The molecule has 0 amide bonds. The van der Waals surface area contributed by atoms with E-state index in [1.165, 1.54) is 42.0 Å². The Morgan fingerprint density at radius 3 is 2.71 bits per heavy atom. The van der Waals surface area contributed by atoms with Gasteiger partial charge in [-0.3, -0.25) is 0 Å². The third kappa shape index (κ3) is 3.08. The highest BCUT2D eigenvalue weighted by Gasteiger charge is 2.35. The molecule has 3 heteroatoms. The van der Waals surface area contributed by atoms with E-state index in [-0.39, 0.29) is 0 Å². The molecule has 1 aromatic rings. The van der Waals surface area contributed by atoms with Crippen LogP contribution < -0.4 is 5.32 Å². The maximum atomic E-state index is 4.58. The van der Waals surface area contributed by atoms with E-state index in [2.05, 4.69) is 24.1 Å². The zero-order chi connectivity index (χ0) is 11.8. The Labute approximate surface area is 108 Å². The molecule has 17 heavy (non-hydrogen) atoms. The summed E-state index contributed by atoms with van der Waals surface area (Å²) in [6.07, 6.45) is 9.04. The lowest BCUT2D eigenvalue weighted by Crippen LogP contribution is -2.32. The number of thiazole rings is 1. The molecule has 2 aliphatic rings. The quantitative estimate of drug-likeness (QED) is 0.833. The van der Waals surface area contributed by atoms with Crippen LogP contribution in [0.5, 0.6) is 0 Å². The van der Waals surface area contributed by atoms with E-state index in [4.69, 9.17) is 0 Å². The summed E-state index contributed by atoms with van der Waals surface area (Å²) in [5.74, 6) is 1.86. The summed E-state index contributed by atoms with van der Waals surface area (Å²) in [5.41, 5.74) is 0. The van der Waals surface area contributed by atoms with Crippen LogP contribution in [0.3, 0.4) is 0 Å². The van der Waals surface area contributed by atoms with E-state index >= 15 is 0 Å². The van der Waals surface area contributed by atoms with Crippen LogP contribution in [-0.4, -0.2) is 11.0 Å². The molecule has 1 aromatic heterocycles. The Kier molecular flexibility index (Phi) is 3.22. The fraction of sp³-hybridized carbons (Fsp3) is 0.786. The maximum absolute atomic E-state index is 4.58. The van der Waals surface area contributed by atoms with Gasteiger partial charge in [0.05, 0.1) is 6.04 Å². The largest absolute Gasteiger partial charge is 0.305 e. The summed E-state index contributed by atoms with van der Waals surface area (Å²) in [5, 5.41) is 5.14. The second kappa shape index (κ2) is 4.69. The molecule has 2 fully saturated rings. The first kappa shape index (κ1) is 11.7. The molecule has 0 aliphatic heterocycles. The molecule has 1 heterocycles. The van der Waals surface area contributed by atoms with Gasteiger partial charge < -0.3 is 5.32 Å². The first-order valence-electron chi connectivity index (χ1n) is 6.90. The van der Waals surface area contributed by atoms with Crippen LogP contribution in [0.25, 0.3) is 0 Å². The molecule has 0 unspecified atom stereocenters. The van der Waals surface area contributed by atoms with Crippen LogP contribution >= 0.6 is 11.3 Å². The van der Waals surface area contributed by atoms with Gasteiger partial charge in [-0.25, -0.2) is 4.98 Å². The van der Waals surface area contributed by atoms with E-state index in [0.29, 0.717) is 12.1 Å². The normalized spacial score (nSPS) is 23.6. The van der Waals surface area contributed by atoms with Crippen LogP contribution in [0.1, 0.15) is 55.0 Å². The first-order chi connectivity index (χ1) is 8.22. The molecule has 2 atom stereocenters. The topological polar surface area (TPSA) is 24.9 Å². The monoisotopic (exact) mass is 250 g/mol. The standard InChI is InChI=1S/C14H22N2S/c1-9(7-11-3-4-11)16-13(12-5-6-12)14-15-8-10(2)17-14/h8-9,11-13,16H,3-7H2,1-2H3/t9-,13+/m1/s1. The molecule has 0 spiro atoms. The summed E-state index contributed by atoms with van der Waals surface area (Å²) in [7, 11) is 0. The Morgan fingerprint density at radius 1 is 1.41 bits per heavy atom. The van der Waals surface area contributed by atoms with Crippen LogP contribution in [0.2, 0.25) is 0 Å². The molecule has 0 radical (unpaired) electrons. The van der Waals surface area contributed by atoms with Crippen LogP contribution in [0.4, 0.5) is 0 Å². The van der Waals surface area contributed by atoms with Gasteiger partial charge in [0.15, 0.2) is 0 Å². The van der Waals surface area contributed by atoms with Crippen molar-refractivity contribution < 1.29 is 0 Å². The lowest BCUT2D eigenvalue weighted by molar-refractivity contribution is 0.391. The van der Waals surface area contributed by atoms with Crippen LogP contribution in [0, 0.1) is 18.8 Å². The Morgan fingerprint density at radius 2 is 2.18 bits per heavy atom. The van der Waals surface area contributed by atoms with Crippen LogP contribution in [-0.2, 0) is 0 Å². The van der Waals surface area contributed by atoms with E-state index < -0.39 is 0 Å². The molecule has 2 aliphatic carbocycles. The second-order valence-electron chi connectivity index (χ2n) is 5.87. The molecule has 0 aromatic carbocycles. The molecule has 0 bridgehead atoms. The van der Waals surface area contributed by atoms with Gasteiger partial charge in [0.2, 0.25) is 0 Å². The molecular formula is C14H22N2S. The third-order valence-electron chi connectivity index (χ3n) is 3.85. The van der Waals surface area contributed by atoms with Crippen LogP contribution in [0.15, 0.2) is 6.20 Å². The molecule has 2 nitrogen and oxygen atoms in total. The molecule has 3 rings (SSSR count). The summed E-state index contributed by atoms with van der Waals surface area (Å²) in [4.78, 5) is 5.92. The van der Waals surface area contributed by atoms with Crippen molar-refractivity contribution in [2.75, 3.05) is 0 Å². The molecular weight excluding hydrogens is 228 g/mol.